The van der Waals surface area contributed by atoms with Gasteiger partial charge in [0.1, 0.15) is 24.2 Å². The zero-order valence-electron chi connectivity index (χ0n) is 19.3. The van der Waals surface area contributed by atoms with E-state index < -0.39 is 11.9 Å². The van der Waals surface area contributed by atoms with Gasteiger partial charge in [-0.25, -0.2) is 4.39 Å². The van der Waals surface area contributed by atoms with Crippen molar-refractivity contribution in [3.63, 3.8) is 0 Å². The Labute approximate surface area is 197 Å². The van der Waals surface area contributed by atoms with Crippen molar-refractivity contribution in [1.29, 1.82) is 0 Å². The second-order valence-electron chi connectivity index (χ2n) is 7.80. The first-order valence-corrected chi connectivity index (χ1v) is 10.9. The molecular weight excluding hydrogens is 441 g/mol. The van der Waals surface area contributed by atoms with E-state index in [1.807, 2.05) is 13.1 Å². The van der Waals surface area contributed by atoms with Crippen molar-refractivity contribution in [3.05, 3.63) is 53.6 Å². The minimum absolute atomic E-state index is 0.250. The number of fused-ring (bicyclic) bond motifs is 1. The molecule has 2 heterocycles. The largest absolute Gasteiger partial charge is 0.493 e. The summed E-state index contributed by atoms with van der Waals surface area (Å²) in [5.41, 5.74) is 2.93. The molecule has 0 saturated carbocycles. The van der Waals surface area contributed by atoms with E-state index in [9.17, 15) is 9.18 Å². The predicted octanol–water partition coefficient (Wildman–Crippen LogP) is 2.66. The maximum Gasteiger partial charge on any atom is 0.246 e. The first-order chi connectivity index (χ1) is 16.5. The van der Waals surface area contributed by atoms with Crippen LogP contribution in [0.4, 0.5) is 10.1 Å². The number of amides is 1. The number of hydrogen-bond donors (Lipinski definition) is 4. The zero-order chi connectivity index (χ0) is 24.1. The van der Waals surface area contributed by atoms with E-state index in [-0.39, 0.29) is 11.6 Å². The number of ether oxygens (including phenoxy) is 3. The summed E-state index contributed by atoms with van der Waals surface area (Å²) in [5, 5.41) is 15.6. The van der Waals surface area contributed by atoms with Gasteiger partial charge >= 0.3 is 0 Å². The Balaban J connectivity index is 1.65. The van der Waals surface area contributed by atoms with Crippen molar-refractivity contribution in [2.75, 3.05) is 46.3 Å². The summed E-state index contributed by atoms with van der Waals surface area (Å²) in [4.78, 5) is 13.3. The molecule has 0 radical (unpaired) electrons. The topological polar surface area (TPSA) is 110 Å². The molecule has 3 aromatic rings. The molecule has 0 saturated heterocycles. The van der Waals surface area contributed by atoms with Crippen molar-refractivity contribution >= 4 is 11.6 Å². The van der Waals surface area contributed by atoms with Gasteiger partial charge in [0.25, 0.3) is 0 Å². The number of benzene rings is 2. The Kier molecular flexibility index (Phi) is 7.29. The number of methoxy groups -OCH3 is 2. The van der Waals surface area contributed by atoms with Crippen LogP contribution < -0.4 is 30.2 Å². The average Bonchev–Trinajstić information content (AvgIpc) is 3.38. The molecular formula is C24H28FN5O4. The summed E-state index contributed by atoms with van der Waals surface area (Å²) >= 11 is 0. The molecule has 10 heteroatoms. The highest BCUT2D eigenvalue weighted by Gasteiger charge is 2.29. The fourth-order valence-electron chi connectivity index (χ4n) is 3.97. The number of carbonyl (C=O) groups excluding carboxylic acids is 1. The van der Waals surface area contributed by atoms with Crippen LogP contribution in [-0.4, -0.2) is 57.1 Å². The van der Waals surface area contributed by atoms with Gasteiger partial charge in [0.05, 0.1) is 26.1 Å². The Morgan fingerprint density at radius 3 is 2.68 bits per heavy atom. The standard InChI is InChI=1S/C24H28FN5O4/c1-26-6-7-34-20-9-16(15-12-28-29-13-15)18(25)11-19(20)30-24(31)23-17-10-22(33-3)21(32-2)8-14(17)4-5-27-23/h8-13,23,26-27H,4-7H2,1-3H3,(H,28,29)(H,30,31). The minimum atomic E-state index is -0.648. The lowest BCUT2D eigenvalue weighted by atomic mass is 9.93. The van der Waals surface area contributed by atoms with Crippen molar-refractivity contribution in [1.82, 2.24) is 20.8 Å². The molecule has 4 N–H and O–H groups in total. The fraction of sp³-hybridized carbons (Fsp3) is 0.333. The second-order valence-corrected chi connectivity index (χ2v) is 7.80. The number of hydrogen-bond acceptors (Lipinski definition) is 7. The van der Waals surface area contributed by atoms with Crippen LogP contribution in [0.15, 0.2) is 36.7 Å². The molecule has 2 aromatic carbocycles. The minimum Gasteiger partial charge on any atom is -0.493 e. The number of anilines is 1. The molecule has 1 unspecified atom stereocenters. The number of carbonyl (C=O) groups is 1. The molecule has 0 spiro atoms. The number of rotatable bonds is 9. The van der Waals surface area contributed by atoms with Gasteiger partial charge in [-0.1, -0.05) is 0 Å². The van der Waals surface area contributed by atoms with Gasteiger partial charge < -0.3 is 30.2 Å². The number of aromatic amines is 1. The predicted molar refractivity (Wildman–Crippen MR) is 126 cm³/mol. The normalized spacial score (nSPS) is 14.9. The molecule has 1 amide bonds. The van der Waals surface area contributed by atoms with Gasteiger partial charge in [0.15, 0.2) is 11.5 Å². The van der Waals surface area contributed by atoms with Crippen LogP contribution in [0, 0.1) is 5.82 Å². The van der Waals surface area contributed by atoms with Crippen molar-refractivity contribution in [2.45, 2.75) is 12.5 Å². The first kappa shape index (κ1) is 23.5. The van der Waals surface area contributed by atoms with E-state index in [0.717, 1.165) is 17.5 Å². The molecule has 0 aliphatic carbocycles. The van der Waals surface area contributed by atoms with Crippen LogP contribution >= 0.6 is 0 Å². The molecule has 1 atom stereocenters. The Morgan fingerprint density at radius 1 is 1.18 bits per heavy atom. The van der Waals surface area contributed by atoms with Crippen LogP contribution in [-0.2, 0) is 11.2 Å². The van der Waals surface area contributed by atoms with Crippen molar-refractivity contribution in [3.8, 4) is 28.4 Å². The molecule has 4 rings (SSSR count). The lowest BCUT2D eigenvalue weighted by Crippen LogP contribution is -2.38. The smallest absolute Gasteiger partial charge is 0.246 e. The van der Waals surface area contributed by atoms with Crippen molar-refractivity contribution < 1.29 is 23.4 Å². The summed E-state index contributed by atoms with van der Waals surface area (Å²) in [6, 6.07) is 5.89. The van der Waals surface area contributed by atoms with E-state index in [2.05, 4.69) is 26.1 Å². The van der Waals surface area contributed by atoms with Crippen LogP contribution in [0.2, 0.25) is 0 Å². The van der Waals surface area contributed by atoms with Gasteiger partial charge in [-0.05, 0) is 42.8 Å². The maximum atomic E-state index is 15.0. The quantitative estimate of drug-likeness (QED) is 0.357. The first-order valence-electron chi connectivity index (χ1n) is 10.9. The summed E-state index contributed by atoms with van der Waals surface area (Å²) < 4.78 is 31.7. The Morgan fingerprint density at radius 2 is 1.97 bits per heavy atom. The van der Waals surface area contributed by atoms with Crippen LogP contribution in [0.25, 0.3) is 11.1 Å². The molecule has 1 aliphatic rings. The third kappa shape index (κ3) is 4.82. The average molecular weight is 470 g/mol. The summed E-state index contributed by atoms with van der Waals surface area (Å²) in [7, 11) is 4.94. The van der Waals surface area contributed by atoms with Gasteiger partial charge in [-0.3, -0.25) is 9.89 Å². The Hall–Kier alpha value is -3.63. The van der Waals surface area contributed by atoms with Crippen LogP contribution in [0.5, 0.6) is 17.2 Å². The van der Waals surface area contributed by atoms with E-state index in [1.54, 1.807) is 32.5 Å². The van der Waals surface area contributed by atoms with E-state index in [4.69, 9.17) is 14.2 Å². The number of likely N-dealkylation sites (N-methyl/N-ethyl adjacent to an activating group) is 1. The zero-order valence-corrected chi connectivity index (χ0v) is 19.3. The summed E-state index contributed by atoms with van der Waals surface area (Å²) in [6.45, 7) is 1.54. The van der Waals surface area contributed by atoms with E-state index in [0.29, 0.717) is 48.1 Å². The summed E-state index contributed by atoms with van der Waals surface area (Å²) in [6.07, 6.45) is 3.86. The number of H-pyrrole nitrogens is 1. The highest BCUT2D eigenvalue weighted by Crippen LogP contribution is 2.37. The fourth-order valence-corrected chi connectivity index (χ4v) is 3.97. The molecule has 1 aliphatic heterocycles. The van der Waals surface area contributed by atoms with Crippen LogP contribution in [0.3, 0.4) is 0 Å². The number of nitrogens with zero attached hydrogens (tertiary/aromatic N) is 1. The maximum absolute atomic E-state index is 15.0. The van der Waals surface area contributed by atoms with Crippen LogP contribution in [0.1, 0.15) is 17.2 Å². The highest BCUT2D eigenvalue weighted by atomic mass is 19.1. The molecule has 0 fully saturated rings. The van der Waals surface area contributed by atoms with Gasteiger partial charge in [0, 0.05) is 36.5 Å². The van der Waals surface area contributed by atoms with Gasteiger partial charge in [-0.2, -0.15) is 5.10 Å². The number of nitrogens with one attached hydrogen (secondary N) is 4. The molecule has 34 heavy (non-hydrogen) atoms. The van der Waals surface area contributed by atoms with E-state index in [1.165, 1.54) is 12.3 Å². The highest BCUT2D eigenvalue weighted by molar-refractivity contribution is 5.97. The van der Waals surface area contributed by atoms with E-state index >= 15 is 0 Å². The second kappa shape index (κ2) is 10.5. The molecule has 9 nitrogen and oxygen atoms in total. The number of halogens is 1. The number of aromatic nitrogens is 2. The SMILES string of the molecule is CNCCOc1cc(-c2cn[nH]c2)c(F)cc1NC(=O)C1NCCc2cc(OC)c(OC)cc21. The molecule has 180 valence electrons. The van der Waals surface area contributed by atoms with Gasteiger partial charge in [0.2, 0.25) is 5.91 Å². The third-order valence-corrected chi connectivity index (χ3v) is 5.71. The molecule has 1 aromatic heterocycles. The summed E-state index contributed by atoms with van der Waals surface area (Å²) in [5.74, 6) is 0.682. The lowest BCUT2D eigenvalue weighted by molar-refractivity contribution is -0.118. The third-order valence-electron chi connectivity index (χ3n) is 5.71. The van der Waals surface area contributed by atoms with Gasteiger partial charge in [-0.15, -0.1) is 0 Å². The molecule has 0 bridgehead atoms. The van der Waals surface area contributed by atoms with Crippen molar-refractivity contribution in [2.24, 2.45) is 0 Å². The Bertz CT molecular complexity index is 1150. The lowest BCUT2D eigenvalue weighted by Gasteiger charge is -2.27. The monoisotopic (exact) mass is 469 g/mol.